The summed E-state index contributed by atoms with van der Waals surface area (Å²) in [5, 5.41) is 12.9. The first-order chi connectivity index (χ1) is 16.9. The lowest BCUT2D eigenvalue weighted by Gasteiger charge is -2.28. The lowest BCUT2D eigenvalue weighted by atomic mass is 9.87. The van der Waals surface area contributed by atoms with Gasteiger partial charge in [0.1, 0.15) is 11.6 Å². The smallest absolute Gasteiger partial charge is 0.320 e. The van der Waals surface area contributed by atoms with Gasteiger partial charge < -0.3 is 30.3 Å². The molecule has 0 aliphatic heterocycles. The summed E-state index contributed by atoms with van der Waals surface area (Å²) in [5.41, 5.74) is 7.29. The highest BCUT2D eigenvalue weighted by molar-refractivity contribution is 6.02. The number of amides is 1. The quantitative estimate of drug-likeness (QED) is 0.316. The van der Waals surface area contributed by atoms with Crippen molar-refractivity contribution in [2.45, 2.75) is 38.7 Å². The number of nitrogens with zero attached hydrogens (tertiary/aromatic N) is 2. The Morgan fingerprint density at radius 3 is 2.54 bits per heavy atom. The first-order valence-electron chi connectivity index (χ1n) is 11.3. The van der Waals surface area contributed by atoms with E-state index < -0.39 is 5.91 Å². The van der Waals surface area contributed by atoms with Gasteiger partial charge in [-0.1, -0.05) is 5.10 Å². The molecule has 4 rings (SSSR count). The Hall–Kier alpha value is -4.15. The minimum Gasteiger partial charge on any atom is -0.490 e. The van der Waals surface area contributed by atoms with E-state index in [1.807, 2.05) is 0 Å². The second-order valence-electron chi connectivity index (χ2n) is 8.09. The van der Waals surface area contributed by atoms with Gasteiger partial charge in [-0.3, -0.25) is 9.59 Å². The van der Waals surface area contributed by atoms with Gasteiger partial charge in [-0.15, -0.1) is 5.10 Å². The Balaban J connectivity index is 1.30. The van der Waals surface area contributed by atoms with Crippen LogP contribution in [-0.2, 0) is 9.53 Å². The summed E-state index contributed by atoms with van der Waals surface area (Å²) in [5.74, 6) is -0.932. The maximum atomic E-state index is 13.0. The molecule has 11 heteroatoms. The van der Waals surface area contributed by atoms with Gasteiger partial charge in [-0.2, -0.15) is 0 Å². The number of aromatic nitrogens is 2. The molecule has 1 heterocycles. The average molecular weight is 484 g/mol. The largest absolute Gasteiger partial charge is 0.490 e. The summed E-state index contributed by atoms with van der Waals surface area (Å²) >= 11 is 0. The molecule has 0 unspecified atom stereocenters. The Morgan fingerprint density at radius 1 is 1.11 bits per heavy atom. The zero-order valence-electron chi connectivity index (χ0n) is 19.1. The highest BCUT2D eigenvalue weighted by atomic mass is 19.1. The van der Waals surface area contributed by atoms with E-state index in [0.29, 0.717) is 29.4 Å². The van der Waals surface area contributed by atoms with Gasteiger partial charge >= 0.3 is 23.8 Å². The predicted molar refractivity (Wildman–Crippen MR) is 126 cm³/mol. The predicted octanol–water partition coefficient (Wildman–Crippen LogP) is 4.29. The first kappa shape index (κ1) is 24.0. The summed E-state index contributed by atoms with van der Waals surface area (Å²) in [4.78, 5) is 24.4. The molecule has 0 atom stereocenters. The van der Waals surface area contributed by atoms with Crippen LogP contribution in [0.2, 0.25) is 0 Å². The average Bonchev–Trinajstić information content (AvgIpc) is 3.31. The number of nitrogens with one attached hydrogen (secondary N) is 2. The monoisotopic (exact) mass is 483 g/mol. The number of nitrogen functional groups attached to an aromatic ring is 1. The van der Waals surface area contributed by atoms with Gasteiger partial charge in [0, 0.05) is 11.8 Å². The highest BCUT2D eigenvalue weighted by Crippen LogP contribution is 2.31. The van der Waals surface area contributed by atoms with E-state index >= 15 is 0 Å². The number of rotatable bonds is 8. The van der Waals surface area contributed by atoms with Gasteiger partial charge in [-0.05, 0) is 69.0 Å². The van der Waals surface area contributed by atoms with Crippen molar-refractivity contribution >= 4 is 35.0 Å². The van der Waals surface area contributed by atoms with Crippen molar-refractivity contribution in [3.8, 4) is 5.75 Å². The SMILES string of the molecule is CCOC(=O)C1CCC(Oc2ccc(NC(=O)c3nnc(Nc4ccc(F)cc4)o3)c(N)c2)CC1. The first-order valence-corrected chi connectivity index (χ1v) is 11.3. The van der Waals surface area contributed by atoms with E-state index in [0.717, 1.165) is 25.7 Å². The third kappa shape index (κ3) is 6.25. The van der Waals surface area contributed by atoms with Crippen LogP contribution < -0.4 is 21.1 Å². The van der Waals surface area contributed by atoms with E-state index in [-0.39, 0.29) is 35.7 Å². The molecule has 184 valence electrons. The van der Waals surface area contributed by atoms with Crippen molar-refractivity contribution in [3.63, 3.8) is 0 Å². The third-order valence-corrected chi connectivity index (χ3v) is 5.58. The molecule has 1 amide bonds. The molecule has 10 nitrogen and oxygen atoms in total. The van der Waals surface area contributed by atoms with Crippen molar-refractivity contribution in [3.05, 3.63) is 54.2 Å². The number of carbonyl (C=O) groups is 2. The molecule has 1 aliphatic rings. The van der Waals surface area contributed by atoms with Crippen LogP contribution in [-0.4, -0.2) is 34.8 Å². The van der Waals surface area contributed by atoms with Crippen LogP contribution in [0, 0.1) is 11.7 Å². The molecule has 0 spiro atoms. The van der Waals surface area contributed by atoms with Gasteiger partial charge in [0.2, 0.25) is 0 Å². The van der Waals surface area contributed by atoms with Crippen molar-refractivity contribution in [1.29, 1.82) is 0 Å². The van der Waals surface area contributed by atoms with Gasteiger partial charge in [0.05, 0.1) is 30.0 Å². The van der Waals surface area contributed by atoms with Crippen molar-refractivity contribution in [2.75, 3.05) is 23.0 Å². The normalized spacial score (nSPS) is 17.4. The number of anilines is 4. The number of benzene rings is 2. The van der Waals surface area contributed by atoms with Crippen LogP contribution in [0.5, 0.6) is 5.75 Å². The van der Waals surface area contributed by atoms with E-state index in [1.54, 1.807) is 25.1 Å². The number of esters is 1. The van der Waals surface area contributed by atoms with E-state index in [2.05, 4.69) is 20.8 Å². The van der Waals surface area contributed by atoms with Crippen LogP contribution in [0.4, 0.5) is 27.5 Å². The molecule has 3 aromatic rings. The Labute approximate surface area is 201 Å². The number of carbonyl (C=O) groups excluding carboxylic acids is 2. The maximum absolute atomic E-state index is 13.0. The topological polar surface area (TPSA) is 142 Å². The van der Waals surface area contributed by atoms with Crippen LogP contribution in [0.3, 0.4) is 0 Å². The van der Waals surface area contributed by atoms with Gasteiger partial charge in [0.15, 0.2) is 0 Å². The maximum Gasteiger partial charge on any atom is 0.320 e. The molecule has 1 aromatic heterocycles. The van der Waals surface area contributed by atoms with E-state index in [1.165, 1.54) is 24.3 Å². The molecule has 0 bridgehead atoms. The fourth-order valence-electron chi connectivity index (χ4n) is 3.79. The molecule has 4 N–H and O–H groups in total. The summed E-state index contributed by atoms with van der Waals surface area (Å²) in [6.45, 7) is 2.19. The molecule has 0 radical (unpaired) electrons. The van der Waals surface area contributed by atoms with Crippen LogP contribution in [0.1, 0.15) is 43.3 Å². The molecular formula is C24H26FN5O5. The van der Waals surface area contributed by atoms with E-state index in [4.69, 9.17) is 19.6 Å². The third-order valence-electron chi connectivity index (χ3n) is 5.58. The van der Waals surface area contributed by atoms with Crippen LogP contribution >= 0.6 is 0 Å². The van der Waals surface area contributed by atoms with Gasteiger partial charge in [0.25, 0.3) is 0 Å². The standard InChI is InChI=1S/C24H26FN5O5/c1-2-33-23(32)14-3-9-17(10-4-14)34-18-11-12-20(19(26)13-18)28-21(31)22-29-30-24(35-22)27-16-7-5-15(25)6-8-16/h5-8,11-14,17H,2-4,9-10,26H2,1H3,(H,27,30)(H,28,31). The minimum absolute atomic E-state index is 0.0174. The zero-order valence-corrected chi connectivity index (χ0v) is 19.1. The summed E-state index contributed by atoms with van der Waals surface area (Å²) < 4.78 is 29.5. The molecule has 35 heavy (non-hydrogen) atoms. The lowest BCUT2D eigenvalue weighted by Crippen LogP contribution is -2.29. The fraction of sp³-hybridized carbons (Fsp3) is 0.333. The van der Waals surface area contributed by atoms with Crippen LogP contribution in [0.25, 0.3) is 0 Å². The van der Waals surface area contributed by atoms with Crippen molar-refractivity contribution < 1.29 is 27.9 Å². The summed E-state index contributed by atoms with van der Waals surface area (Å²) in [6, 6.07) is 10.5. The number of ether oxygens (including phenoxy) is 2. The van der Waals surface area contributed by atoms with Crippen molar-refractivity contribution in [2.24, 2.45) is 5.92 Å². The van der Waals surface area contributed by atoms with Gasteiger partial charge in [-0.25, -0.2) is 4.39 Å². The molecule has 2 aromatic carbocycles. The van der Waals surface area contributed by atoms with Crippen molar-refractivity contribution in [1.82, 2.24) is 10.2 Å². The molecule has 1 fully saturated rings. The Morgan fingerprint density at radius 2 is 1.86 bits per heavy atom. The van der Waals surface area contributed by atoms with Crippen LogP contribution in [0.15, 0.2) is 46.9 Å². The zero-order chi connectivity index (χ0) is 24.8. The molecular weight excluding hydrogens is 457 g/mol. The number of hydrogen-bond donors (Lipinski definition) is 3. The molecule has 0 saturated heterocycles. The second kappa shape index (κ2) is 10.9. The fourth-order valence-corrected chi connectivity index (χ4v) is 3.79. The highest BCUT2D eigenvalue weighted by Gasteiger charge is 2.28. The summed E-state index contributed by atoms with van der Waals surface area (Å²) in [7, 11) is 0. The number of hydrogen-bond acceptors (Lipinski definition) is 9. The number of nitrogens with two attached hydrogens (primary N) is 1. The Kier molecular flexibility index (Phi) is 7.44. The Bertz CT molecular complexity index is 1180. The number of halogens is 1. The molecule has 1 saturated carbocycles. The summed E-state index contributed by atoms with van der Waals surface area (Å²) in [6.07, 6.45) is 2.90. The minimum atomic E-state index is -0.637. The second-order valence-corrected chi connectivity index (χ2v) is 8.09. The van der Waals surface area contributed by atoms with E-state index in [9.17, 15) is 14.0 Å². The molecule has 1 aliphatic carbocycles. The lowest BCUT2D eigenvalue weighted by molar-refractivity contribution is -0.149.